The molecule has 0 aliphatic heterocycles. The molecule has 0 spiro atoms. The SMILES string of the molecule is COc1ccc(-c2nc(-c3ccc(OC)cc3)c(C(=O)c3ccccc3)s2)cc1. The standard InChI is InChI=1S/C24H19NO3S/c1-27-19-12-8-16(9-13-19)21-23(22(26)17-6-4-3-5-7-17)29-24(25-21)18-10-14-20(28-2)15-11-18/h3-15H,1-2H3. The van der Waals surface area contributed by atoms with Gasteiger partial charge in [0.25, 0.3) is 0 Å². The summed E-state index contributed by atoms with van der Waals surface area (Å²) in [6, 6.07) is 24.6. The molecule has 29 heavy (non-hydrogen) atoms. The number of benzene rings is 3. The molecular weight excluding hydrogens is 382 g/mol. The minimum absolute atomic E-state index is 0.0336. The van der Waals surface area contributed by atoms with E-state index in [4.69, 9.17) is 14.5 Å². The molecule has 0 amide bonds. The van der Waals surface area contributed by atoms with Crippen LogP contribution in [0.1, 0.15) is 15.2 Å². The van der Waals surface area contributed by atoms with Crippen molar-refractivity contribution in [3.63, 3.8) is 0 Å². The lowest BCUT2D eigenvalue weighted by molar-refractivity contribution is 0.104. The number of hydrogen-bond donors (Lipinski definition) is 0. The summed E-state index contributed by atoms with van der Waals surface area (Å²) < 4.78 is 10.5. The minimum Gasteiger partial charge on any atom is -0.497 e. The quantitative estimate of drug-likeness (QED) is 0.387. The molecule has 0 radical (unpaired) electrons. The van der Waals surface area contributed by atoms with Gasteiger partial charge in [0.2, 0.25) is 5.78 Å². The summed E-state index contributed by atoms with van der Waals surface area (Å²) in [5.74, 6) is 1.50. The van der Waals surface area contributed by atoms with Crippen LogP contribution in [-0.4, -0.2) is 25.0 Å². The highest BCUT2D eigenvalue weighted by Crippen LogP contribution is 2.36. The molecule has 4 rings (SSSR count). The van der Waals surface area contributed by atoms with Gasteiger partial charge in [-0.1, -0.05) is 30.3 Å². The Labute approximate surface area is 173 Å². The molecule has 4 nitrogen and oxygen atoms in total. The first kappa shape index (κ1) is 18.9. The minimum atomic E-state index is -0.0336. The number of rotatable bonds is 6. The lowest BCUT2D eigenvalue weighted by Crippen LogP contribution is -2.00. The van der Waals surface area contributed by atoms with Gasteiger partial charge in [-0.25, -0.2) is 4.98 Å². The maximum absolute atomic E-state index is 13.2. The number of nitrogens with zero attached hydrogens (tertiary/aromatic N) is 1. The Morgan fingerprint density at radius 2 is 1.31 bits per heavy atom. The Bertz CT molecular complexity index is 1120. The van der Waals surface area contributed by atoms with E-state index in [1.807, 2.05) is 78.9 Å². The van der Waals surface area contributed by atoms with Crippen LogP contribution in [0.15, 0.2) is 78.9 Å². The highest BCUT2D eigenvalue weighted by atomic mass is 32.1. The van der Waals surface area contributed by atoms with Crippen LogP contribution in [-0.2, 0) is 0 Å². The molecule has 0 atom stereocenters. The third-order valence-electron chi connectivity index (χ3n) is 4.57. The molecule has 0 bridgehead atoms. The van der Waals surface area contributed by atoms with Crippen molar-refractivity contribution in [1.29, 1.82) is 0 Å². The molecule has 3 aromatic carbocycles. The molecule has 0 saturated heterocycles. The van der Waals surface area contributed by atoms with Crippen molar-refractivity contribution in [1.82, 2.24) is 4.98 Å². The predicted molar refractivity (Wildman–Crippen MR) is 116 cm³/mol. The van der Waals surface area contributed by atoms with Crippen LogP contribution in [0.25, 0.3) is 21.8 Å². The fourth-order valence-corrected chi connectivity index (χ4v) is 4.05. The molecule has 0 N–H and O–H groups in total. The van der Waals surface area contributed by atoms with Gasteiger partial charge in [-0.15, -0.1) is 11.3 Å². The maximum atomic E-state index is 13.2. The van der Waals surface area contributed by atoms with Crippen LogP contribution >= 0.6 is 11.3 Å². The van der Waals surface area contributed by atoms with Crippen LogP contribution in [0.3, 0.4) is 0 Å². The van der Waals surface area contributed by atoms with Gasteiger partial charge in [0.1, 0.15) is 21.4 Å². The molecule has 0 aliphatic rings. The summed E-state index contributed by atoms with van der Waals surface area (Å²) in [7, 11) is 3.26. The zero-order chi connectivity index (χ0) is 20.2. The highest BCUT2D eigenvalue weighted by molar-refractivity contribution is 7.17. The Kier molecular flexibility index (Phi) is 5.40. The smallest absolute Gasteiger partial charge is 0.205 e. The highest BCUT2D eigenvalue weighted by Gasteiger charge is 2.21. The Balaban J connectivity index is 1.82. The molecule has 0 saturated carbocycles. The van der Waals surface area contributed by atoms with E-state index in [9.17, 15) is 4.79 Å². The third-order valence-corrected chi connectivity index (χ3v) is 5.67. The van der Waals surface area contributed by atoms with Gasteiger partial charge < -0.3 is 9.47 Å². The molecule has 0 unspecified atom stereocenters. The van der Waals surface area contributed by atoms with Crippen molar-refractivity contribution in [3.05, 3.63) is 89.3 Å². The van der Waals surface area contributed by atoms with Crippen LogP contribution in [0.5, 0.6) is 11.5 Å². The lowest BCUT2D eigenvalue weighted by Gasteiger charge is -2.04. The van der Waals surface area contributed by atoms with E-state index >= 15 is 0 Å². The summed E-state index contributed by atoms with van der Waals surface area (Å²) in [5.41, 5.74) is 3.14. The van der Waals surface area contributed by atoms with Gasteiger partial charge >= 0.3 is 0 Å². The van der Waals surface area contributed by atoms with E-state index in [2.05, 4.69) is 0 Å². The summed E-state index contributed by atoms with van der Waals surface area (Å²) >= 11 is 1.40. The van der Waals surface area contributed by atoms with Crippen molar-refractivity contribution in [2.75, 3.05) is 14.2 Å². The van der Waals surface area contributed by atoms with Gasteiger partial charge in [-0.3, -0.25) is 4.79 Å². The summed E-state index contributed by atoms with van der Waals surface area (Å²) in [6.45, 7) is 0. The molecule has 5 heteroatoms. The number of ether oxygens (including phenoxy) is 2. The normalized spacial score (nSPS) is 10.6. The number of hydrogen-bond acceptors (Lipinski definition) is 5. The first-order valence-electron chi connectivity index (χ1n) is 9.09. The van der Waals surface area contributed by atoms with Gasteiger partial charge in [0.05, 0.1) is 19.9 Å². The zero-order valence-corrected chi connectivity index (χ0v) is 16.9. The van der Waals surface area contributed by atoms with Gasteiger partial charge in [0.15, 0.2) is 0 Å². The second-order valence-electron chi connectivity index (χ2n) is 6.35. The predicted octanol–water partition coefficient (Wildman–Crippen LogP) is 5.73. The van der Waals surface area contributed by atoms with Gasteiger partial charge in [-0.2, -0.15) is 0 Å². The Morgan fingerprint density at radius 3 is 1.86 bits per heavy atom. The molecule has 4 aromatic rings. The lowest BCUT2D eigenvalue weighted by atomic mass is 10.0. The van der Waals surface area contributed by atoms with Crippen LogP contribution in [0.2, 0.25) is 0 Å². The molecular formula is C24H19NO3S. The fraction of sp³-hybridized carbons (Fsp3) is 0.0833. The number of ketones is 1. The molecule has 0 aliphatic carbocycles. The average molecular weight is 401 g/mol. The van der Waals surface area contributed by atoms with Gasteiger partial charge in [-0.05, 0) is 48.5 Å². The number of carbonyl (C=O) groups is 1. The van der Waals surface area contributed by atoms with Crippen molar-refractivity contribution in [2.45, 2.75) is 0 Å². The summed E-state index contributed by atoms with van der Waals surface area (Å²) in [6.07, 6.45) is 0. The third kappa shape index (κ3) is 3.91. The number of carbonyl (C=O) groups excluding carboxylic acids is 1. The summed E-state index contributed by atoms with van der Waals surface area (Å²) in [5, 5.41) is 0.790. The zero-order valence-electron chi connectivity index (χ0n) is 16.1. The van der Waals surface area contributed by atoms with Crippen molar-refractivity contribution < 1.29 is 14.3 Å². The van der Waals surface area contributed by atoms with Crippen molar-refractivity contribution >= 4 is 17.1 Å². The van der Waals surface area contributed by atoms with Crippen molar-refractivity contribution in [3.8, 4) is 33.3 Å². The molecule has 0 fully saturated rings. The fourth-order valence-electron chi connectivity index (χ4n) is 3.00. The largest absolute Gasteiger partial charge is 0.497 e. The average Bonchev–Trinajstić information content (AvgIpc) is 3.24. The molecule has 1 aromatic heterocycles. The van der Waals surface area contributed by atoms with E-state index in [-0.39, 0.29) is 5.78 Å². The Hall–Kier alpha value is -3.44. The van der Waals surface area contributed by atoms with Crippen LogP contribution in [0, 0.1) is 0 Å². The summed E-state index contributed by atoms with van der Waals surface area (Å²) in [4.78, 5) is 18.7. The van der Waals surface area contributed by atoms with Gasteiger partial charge in [0, 0.05) is 16.7 Å². The first-order chi connectivity index (χ1) is 14.2. The topological polar surface area (TPSA) is 48.4 Å². The molecule has 144 valence electrons. The van der Waals surface area contributed by atoms with E-state index in [1.165, 1.54) is 11.3 Å². The molecule has 1 heterocycles. The number of methoxy groups -OCH3 is 2. The van der Waals surface area contributed by atoms with E-state index in [0.29, 0.717) is 16.1 Å². The monoisotopic (exact) mass is 401 g/mol. The number of aromatic nitrogens is 1. The second kappa shape index (κ2) is 8.29. The number of thiazole rings is 1. The van der Waals surface area contributed by atoms with E-state index in [0.717, 1.165) is 27.6 Å². The van der Waals surface area contributed by atoms with E-state index in [1.54, 1.807) is 14.2 Å². The van der Waals surface area contributed by atoms with Crippen molar-refractivity contribution in [2.24, 2.45) is 0 Å². The van der Waals surface area contributed by atoms with Crippen LogP contribution < -0.4 is 9.47 Å². The Morgan fingerprint density at radius 1 is 0.759 bits per heavy atom. The second-order valence-corrected chi connectivity index (χ2v) is 7.35. The first-order valence-corrected chi connectivity index (χ1v) is 9.90. The maximum Gasteiger partial charge on any atom is 0.205 e. The van der Waals surface area contributed by atoms with Crippen LogP contribution in [0.4, 0.5) is 0 Å². The van der Waals surface area contributed by atoms with E-state index < -0.39 is 0 Å².